The molecule has 0 unspecified atom stereocenters. The fourth-order valence-corrected chi connectivity index (χ4v) is 2.01. The summed E-state index contributed by atoms with van der Waals surface area (Å²) in [5.74, 6) is -2.23. The summed E-state index contributed by atoms with van der Waals surface area (Å²) in [6.07, 6.45) is -0.853. The predicted molar refractivity (Wildman–Crippen MR) is 69.6 cm³/mol. The number of carboxylic acids is 1. The van der Waals surface area contributed by atoms with E-state index in [2.05, 4.69) is 5.32 Å². The van der Waals surface area contributed by atoms with Crippen LogP contribution in [-0.4, -0.2) is 64.2 Å². The number of nitrogens with two attached hydrogens (primary N) is 1. The Morgan fingerprint density at radius 2 is 2.00 bits per heavy atom. The molecule has 0 spiro atoms. The van der Waals surface area contributed by atoms with Crippen molar-refractivity contribution in [1.82, 2.24) is 10.2 Å². The molecule has 1 fully saturated rings. The van der Waals surface area contributed by atoms with Crippen molar-refractivity contribution in [2.24, 2.45) is 11.7 Å². The van der Waals surface area contributed by atoms with Crippen LogP contribution in [0.25, 0.3) is 0 Å². The summed E-state index contributed by atoms with van der Waals surface area (Å²) in [5.41, 5.74) is 5.63. The lowest BCUT2D eigenvalue weighted by Gasteiger charge is -2.22. The first-order chi connectivity index (χ1) is 9.23. The largest absolute Gasteiger partial charge is 0.480 e. The van der Waals surface area contributed by atoms with Crippen molar-refractivity contribution >= 4 is 17.8 Å². The van der Waals surface area contributed by atoms with E-state index in [1.165, 1.54) is 0 Å². The maximum Gasteiger partial charge on any atom is 0.326 e. The van der Waals surface area contributed by atoms with Crippen molar-refractivity contribution in [1.29, 1.82) is 0 Å². The van der Waals surface area contributed by atoms with Gasteiger partial charge in [-0.15, -0.1) is 0 Å². The fraction of sp³-hybridized carbons (Fsp3) is 0.750. The Hall–Kier alpha value is -1.67. The SMILES string of the molecule is CC(C)[C@H](N)C(=O)NCC(=O)N1C[C@@H](O)C[C@H]1C(=O)O. The minimum absolute atomic E-state index is 0.000524. The highest BCUT2D eigenvalue weighted by molar-refractivity contribution is 5.90. The second-order valence-corrected chi connectivity index (χ2v) is 5.28. The van der Waals surface area contributed by atoms with Crippen LogP contribution in [0.5, 0.6) is 0 Å². The molecule has 3 atom stereocenters. The van der Waals surface area contributed by atoms with E-state index in [0.717, 1.165) is 4.90 Å². The first-order valence-corrected chi connectivity index (χ1v) is 6.47. The lowest BCUT2D eigenvalue weighted by molar-refractivity contribution is -0.148. The van der Waals surface area contributed by atoms with E-state index in [9.17, 15) is 19.5 Å². The van der Waals surface area contributed by atoms with Crippen LogP contribution in [0.3, 0.4) is 0 Å². The Bertz CT molecular complexity index is 399. The van der Waals surface area contributed by atoms with Crippen molar-refractivity contribution in [3.63, 3.8) is 0 Å². The molecule has 8 nitrogen and oxygen atoms in total. The minimum Gasteiger partial charge on any atom is -0.480 e. The van der Waals surface area contributed by atoms with Crippen molar-refractivity contribution in [3.05, 3.63) is 0 Å². The Balaban J connectivity index is 2.54. The van der Waals surface area contributed by atoms with Crippen LogP contribution in [-0.2, 0) is 14.4 Å². The van der Waals surface area contributed by atoms with Gasteiger partial charge in [-0.05, 0) is 5.92 Å². The van der Waals surface area contributed by atoms with Gasteiger partial charge in [-0.1, -0.05) is 13.8 Å². The molecule has 0 aliphatic carbocycles. The van der Waals surface area contributed by atoms with Crippen molar-refractivity contribution in [3.8, 4) is 0 Å². The number of amides is 2. The lowest BCUT2D eigenvalue weighted by Crippen LogP contribution is -2.49. The number of rotatable bonds is 5. The molecule has 0 radical (unpaired) electrons. The maximum absolute atomic E-state index is 11.9. The van der Waals surface area contributed by atoms with Crippen LogP contribution in [0, 0.1) is 5.92 Å². The van der Waals surface area contributed by atoms with Gasteiger partial charge in [-0.25, -0.2) is 4.79 Å². The van der Waals surface area contributed by atoms with E-state index in [1.54, 1.807) is 13.8 Å². The molecule has 0 aromatic carbocycles. The van der Waals surface area contributed by atoms with Gasteiger partial charge in [0.25, 0.3) is 0 Å². The molecule has 1 saturated heterocycles. The molecule has 1 heterocycles. The second kappa shape index (κ2) is 6.67. The first-order valence-electron chi connectivity index (χ1n) is 6.47. The van der Waals surface area contributed by atoms with E-state index < -0.39 is 36.0 Å². The third-order valence-electron chi connectivity index (χ3n) is 3.32. The average molecular weight is 287 g/mol. The van der Waals surface area contributed by atoms with E-state index in [0.29, 0.717) is 0 Å². The third-order valence-corrected chi connectivity index (χ3v) is 3.32. The van der Waals surface area contributed by atoms with E-state index >= 15 is 0 Å². The number of aliphatic carboxylic acids is 1. The van der Waals surface area contributed by atoms with Crippen LogP contribution in [0.2, 0.25) is 0 Å². The van der Waals surface area contributed by atoms with Crippen molar-refractivity contribution in [2.45, 2.75) is 38.5 Å². The highest BCUT2D eigenvalue weighted by Gasteiger charge is 2.38. The highest BCUT2D eigenvalue weighted by atomic mass is 16.4. The standard InChI is InChI=1S/C12H21N3O5/c1-6(2)10(13)11(18)14-4-9(17)15-5-7(16)3-8(15)12(19)20/h6-8,10,16H,3-5,13H2,1-2H3,(H,14,18)(H,19,20)/t7-,8-,10-/m0/s1. The van der Waals surface area contributed by atoms with Crippen molar-refractivity contribution < 1.29 is 24.6 Å². The number of hydrogen-bond acceptors (Lipinski definition) is 5. The molecule has 8 heteroatoms. The second-order valence-electron chi connectivity index (χ2n) is 5.28. The summed E-state index contributed by atoms with van der Waals surface area (Å²) < 4.78 is 0. The van der Waals surface area contributed by atoms with Gasteiger partial charge in [-0.3, -0.25) is 9.59 Å². The fourth-order valence-electron chi connectivity index (χ4n) is 2.01. The van der Waals surface area contributed by atoms with Crippen LogP contribution in [0.4, 0.5) is 0 Å². The molecular formula is C12H21N3O5. The number of nitrogens with zero attached hydrogens (tertiary/aromatic N) is 1. The van der Waals surface area contributed by atoms with Crippen LogP contribution < -0.4 is 11.1 Å². The van der Waals surface area contributed by atoms with Gasteiger partial charge in [0.15, 0.2) is 0 Å². The summed E-state index contributed by atoms with van der Waals surface area (Å²) in [5, 5.41) is 20.8. The lowest BCUT2D eigenvalue weighted by atomic mass is 10.1. The molecule has 1 aliphatic rings. The normalized spacial score (nSPS) is 23.8. The Kier molecular flexibility index (Phi) is 5.46. The quantitative estimate of drug-likeness (QED) is 0.468. The highest BCUT2D eigenvalue weighted by Crippen LogP contribution is 2.18. The average Bonchev–Trinajstić information content (AvgIpc) is 2.76. The number of nitrogens with one attached hydrogen (secondary N) is 1. The van der Waals surface area contributed by atoms with Gasteiger partial charge in [-0.2, -0.15) is 0 Å². The van der Waals surface area contributed by atoms with Gasteiger partial charge in [0.2, 0.25) is 11.8 Å². The van der Waals surface area contributed by atoms with Crippen LogP contribution in [0.15, 0.2) is 0 Å². The first kappa shape index (κ1) is 16.4. The van der Waals surface area contributed by atoms with Gasteiger partial charge in [0.1, 0.15) is 6.04 Å². The number of aliphatic hydroxyl groups is 1. The summed E-state index contributed by atoms with van der Waals surface area (Å²) >= 11 is 0. The van der Waals surface area contributed by atoms with Gasteiger partial charge in [0.05, 0.1) is 18.7 Å². The number of β-amino-alcohol motifs (C(OH)–C–C–N with tert-alkyl or cyclic N) is 1. The zero-order chi connectivity index (χ0) is 15.4. The molecule has 0 saturated carbocycles. The van der Waals surface area contributed by atoms with Crippen molar-refractivity contribution in [2.75, 3.05) is 13.1 Å². The smallest absolute Gasteiger partial charge is 0.326 e. The Morgan fingerprint density at radius 3 is 2.50 bits per heavy atom. The number of carbonyl (C=O) groups is 3. The molecule has 114 valence electrons. The number of aliphatic hydroxyl groups excluding tert-OH is 1. The van der Waals surface area contributed by atoms with Crippen LogP contribution in [0.1, 0.15) is 20.3 Å². The molecular weight excluding hydrogens is 266 g/mol. The molecule has 0 bridgehead atoms. The third kappa shape index (κ3) is 3.91. The molecule has 0 aromatic heterocycles. The Labute approximate surface area is 116 Å². The van der Waals surface area contributed by atoms with Gasteiger partial charge in [0, 0.05) is 13.0 Å². The summed E-state index contributed by atoms with van der Waals surface area (Å²) in [7, 11) is 0. The van der Waals surface area contributed by atoms with Crippen LogP contribution >= 0.6 is 0 Å². The van der Waals surface area contributed by atoms with Gasteiger partial charge < -0.3 is 26.2 Å². The molecule has 1 rings (SSSR count). The zero-order valence-electron chi connectivity index (χ0n) is 11.6. The number of likely N-dealkylation sites (tertiary alicyclic amines) is 1. The summed E-state index contributed by atoms with van der Waals surface area (Å²) in [6.45, 7) is 3.20. The molecule has 0 aromatic rings. The molecule has 20 heavy (non-hydrogen) atoms. The number of carboxylic acid groups (broad SMARTS) is 1. The van der Waals surface area contributed by atoms with E-state index in [1.807, 2.05) is 0 Å². The summed E-state index contributed by atoms with van der Waals surface area (Å²) in [4.78, 5) is 35.6. The monoisotopic (exact) mass is 287 g/mol. The maximum atomic E-state index is 11.9. The molecule has 5 N–H and O–H groups in total. The number of carbonyl (C=O) groups excluding carboxylic acids is 2. The minimum atomic E-state index is -1.17. The Morgan fingerprint density at radius 1 is 1.40 bits per heavy atom. The molecule has 1 aliphatic heterocycles. The topological polar surface area (TPSA) is 133 Å². The van der Waals surface area contributed by atoms with E-state index in [-0.39, 0.29) is 25.4 Å². The zero-order valence-corrected chi connectivity index (χ0v) is 11.6. The van der Waals surface area contributed by atoms with Gasteiger partial charge >= 0.3 is 5.97 Å². The molecule has 2 amide bonds. The predicted octanol–water partition coefficient (Wildman–Crippen LogP) is -1.87. The summed E-state index contributed by atoms with van der Waals surface area (Å²) in [6, 6.07) is -1.77. The number of hydrogen-bond donors (Lipinski definition) is 4. The van der Waals surface area contributed by atoms with E-state index in [4.69, 9.17) is 10.8 Å².